The fraction of sp³-hybridized carbons (Fsp3) is 1.00. The number of nitrogens with zero attached hydrogens (tertiary/aromatic N) is 2. The molecule has 0 N–H and O–H groups in total. The quantitative estimate of drug-likeness (QED) is 0.711. The third-order valence-corrected chi connectivity index (χ3v) is 2.31. The van der Waals surface area contributed by atoms with Gasteiger partial charge in [0.1, 0.15) is 0 Å². The first kappa shape index (κ1) is 14.9. The van der Waals surface area contributed by atoms with E-state index in [9.17, 15) is 0 Å². The van der Waals surface area contributed by atoms with E-state index in [0.29, 0.717) is 0 Å². The van der Waals surface area contributed by atoms with Gasteiger partial charge in [-0.05, 0) is 40.0 Å². The van der Waals surface area contributed by atoms with E-state index in [1.54, 1.807) is 0 Å². The zero-order valence-corrected chi connectivity index (χ0v) is 11.0. The van der Waals surface area contributed by atoms with Gasteiger partial charge in [0.2, 0.25) is 0 Å². The molecule has 3 nitrogen and oxygen atoms in total. The summed E-state index contributed by atoms with van der Waals surface area (Å²) in [6.45, 7) is 11.0. The molecule has 0 bridgehead atoms. The van der Waals surface area contributed by atoms with Gasteiger partial charge in [0.05, 0.1) is 13.2 Å². The smallest absolute Gasteiger partial charge is 0.0594 e. The highest BCUT2D eigenvalue weighted by Crippen LogP contribution is 1.96. The highest BCUT2D eigenvalue weighted by molar-refractivity contribution is 4.59. The Labute approximate surface area is 95.4 Å². The molecule has 0 atom stereocenters. The van der Waals surface area contributed by atoms with Crippen LogP contribution >= 0.6 is 0 Å². The first-order chi connectivity index (χ1) is 7.20. The van der Waals surface area contributed by atoms with Crippen LogP contribution in [0.15, 0.2) is 0 Å². The lowest BCUT2D eigenvalue weighted by Gasteiger charge is -2.25. The third-order valence-electron chi connectivity index (χ3n) is 2.31. The second-order valence-corrected chi connectivity index (χ2v) is 4.26. The topological polar surface area (TPSA) is 15.7 Å². The van der Waals surface area contributed by atoms with Crippen molar-refractivity contribution in [2.24, 2.45) is 0 Å². The molecule has 3 heteroatoms. The number of ether oxygens (including phenoxy) is 1. The van der Waals surface area contributed by atoms with Crippen LogP contribution in [-0.4, -0.2) is 63.3 Å². The summed E-state index contributed by atoms with van der Waals surface area (Å²) in [5.41, 5.74) is 0. The van der Waals surface area contributed by atoms with Crippen molar-refractivity contribution in [1.82, 2.24) is 9.80 Å². The molecule has 1 heterocycles. The summed E-state index contributed by atoms with van der Waals surface area (Å²) in [6, 6.07) is 0. The van der Waals surface area contributed by atoms with Gasteiger partial charge in [-0.2, -0.15) is 0 Å². The molecule has 92 valence electrons. The summed E-state index contributed by atoms with van der Waals surface area (Å²) in [4.78, 5) is 4.63. The SMILES string of the molecule is CCCN(C)C.CCCN1CCOCC1. The first-order valence-electron chi connectivity index (χ1n) is 6.15. The minimum Gasteiger partial charge on any atom is -0.379 e. The van der Waals surface area contributed by atoms with Crippen LogP contribution in [0.4, 0.5) is 0 Å². The van der Waals surface area contributed by atoms with Gasteiger partial charge in [-0.25, -0.2) is 0 Å². The number of hydrogen-bond donors (Lipinski definition) is 0. The van der Waals surface area contributed by atoms with E-state index in [-0.39, 0.29) is 0 Å². The lowest BCUT2D eigenvalue weighted by atomic mass is 10.4. The Morgan fingerprint density at radius 2 is 1.67 bits per heavy atom. The minimum absolute atomic E-state index is 0.931. The van der Waals surface area contributed by atoms with Crippen molar-refractivity contribution in [2.45, 2.75) is 26.7 Å². The van der Waals surface area contributed by atoms with Gasteiger partial charge in [0.15, 0.2) is 0 Å². The molecular weight excluding hydrogens is 188 g/mol. The van der Waals surface area contributed by atoms with Crippen LogP contribution in [0, 0.1) is 0 Å². The summed E-state index contributed by atoms with van der Waals surface area (Å²) in [7, 11) is 4.17. The molecule has 15 heavy (non-hydrogen) atoms. The molecule has 0 aromatic rings. The second-order valence-electron chi connectivity index (χ2n) is 4.26. The maximum Gasteiger partial charge on any atom is 0.0594 e. The molecule has 0 aromatic heterocycles. The molecule has 0 aromatic carbocycles. The number of rotatable bonds is 4. The van der Waals surface area contributed by atoms with Crippen molar-refractivity contribution in [3.8, 4) is 0 Å². The predicted molar refractivity (Wildman–Crippen MR) is 66.4 cm³/mol. The Morgan fingerprint density at radius 3 is 2.00 bits per heavy atom. The standard InChI is InChI=1S/C7H15NO.C5H13N/c1-2-3-8-4-6-9-7-5-8;1-4-5-6(2)3/h2-7H2,1H3;4-5H2,1-3H3. The van der Waals surface area contributed by atoms with Crippen LogP contribution < -0.4 is 0 Å². The van der Waals surface area contributed by atoms with Crippen LogP contribution in [0.1, 0.15) is 26.7 Å². The van der Waals surface area contributed by atoms with Gasteiger partial charge < -0.3 is 9.64 Å². The van der Waals surface area contributed by atoms with Crippen molar-refractivity contribution in [2.75, 3.05) is 53.5 Å². The molecule has 1 rings (SSSR count). The van der Waals surface area contributed by atoms with Crippen molar-refractivity contribution in [3.63, 3.8) is 0 Å². The molecule has 0 saturated carbocycles. The zero-order chi connectivity index (χ0) is 11.5. The van der Waals surface area contributed by atoms with Crippen LogP contribution in [0.2, 0.25) is 0 Å². The summed E-state index contributed by atoms with van der Waals surface area (Å²) in [5.74, 6) is 0. The normalized spacial score (nSPS) is 17.4. The van der Waals surface area contributed by atoms with Gasteiger partial charge in [-0.3, -0.25) is 4.90 Å². The Hall–Kier alpha value is -0.120. The van der Waals surface area contributed by atoms with Crippen molar-refractivity contribution < 1.29 is 4.74 Å². The van der Waals surface area contributed by atoms with E-state index in [0.717, 1.165) is 26.3 Å². The van der Waals surface area contributed by atoms with E-state index in [1.807, 2.05) is 0 Å². The molecule has 1 saturated heterocycles. The molecule has 0 aliphatic carbocycles. The van der Waals surface area contributed by atoms with E-state index in [2.05, 4.69) is 37.7 Å². The Bertz CT molecular complexity index is 120. The predicted octanol–water partition coefficient (Wildman–Crippen LogP) is 1.69. The van der Waals surface area contributed by atoms with Crippen molar-refractivity contribution in [3.05, 3.63) is 0 Å². The fourth-order valence-electron chi connectivity index (χ4n) is 1.59. The van der Waals surface area contributed by atoms with Crippen LogP contribution in [0.25, 0.3) is 0 Å². The van der Waals surface area contributed by atoms with Crippen LogP contribution in [0.5, 0.6) is 0 Å². The molecule has 0 spiro atoms. The van der Waals surface area contributed by atoms with Crippen molar-refractivity contribution >= 4 is 0 Å². The van der Waals surface area contributed by atoms with Crippen molar-refractivity contribution in [1.29, 1.82) is 0 Å². The molecular formula is C12H28N2O. The summed E-state index contributed by atoms with van der Waals surface area (Å²) in [5, 5.41) is 0. The fourth-order valence-corrected chi connectivity index (χ4v) is 1.59. The van der Waals surface area contributed by atoms with Crippen LogP contribution in [-0.2, 0) is 4.74 Å². The minimum atomic E-state index is 0.931. The Morgan fingerprint density at radius 1 is 1.07 bits per heavy atom. The van der Waals surface area contributed by atoms with E-state index in [4.69, 9.17) is 4.74 Å². The van der Waals surface area contributed by atoms with Gasteiger partial charge in [0, 0.05) is 13.1 Å². The molecule has 0 unspecified atom stereocenters. The Balaban J connectivity index is 0.000000288. The highest BCUT2D eigenvalue weighted by atomic mass is 16.5. The van der Waals surface area contributed by atoms with Gasteiger partial charge >= 0.3 is 0 Å². The molecule has 1 fully saturated rings. The van der Waals surface area contributed by atoms with E-state index >= 15 is 0 Å². The maximum atomic E-state index is 5.20. The molecule has 0 radical (unpaired) electrons. The average molecular weight is 216 g/mol. The summed E-state index contributed by atoms with van der Waals surface area (Å²) in [6.07, 6.45) is 2.52. The van der Waals surface area contributed by atoms with Gasteiger partial charge in [-0.1, -0.05) is 13.8 Å². The largest absolute Gasteiger partial charge is 0.379 e. The molecule has 1 aliphatic heterocycles. The third kappa shape index (κ3) is 10.2. The number of morpholine rings is 1. The van der Waals surface area contributed by atoms with Gasteiger partial charge in [0.25, 0.3) is 0 Å². The maximum absolute atomic E-state index is 5.20. The number of hydrogen-bond acceptors (Lipinski definition) is 3. The average Bonchev–Trinajstić information content (AvgIpc) is 2.20. The molecule has 1 aliphatic rings. The van der Waals surface area contributed by atoms with E-state index < -0.39 is 0 Å². The molecule has 0 amide bonds. The highest BCUT2D eigenvalue weighted by Gasteiger charge is 2.07. The Kier molecular flexibility index (Phi) is 10.3. The monoisotopic (exact) mass is 216 g/mol. The lowest BCUT2D eigenvalue weighted by Crippen LogP contribution is -2.36. The van der Waals surface area contributed by atoms with E-state index in [1.165, 1.54) is 25.9 Å². The lowest BCUT2D eigenvalue weighted by molar-refractivity contribution is 0.0380. The van der Waals surface area contributed by atoms with Crippen LogP contribution in [0.3, 0.4) is 0 Å². The second kappa shape index (κ2) is 10.4. The van der Waals surface area contributed by atoms with Gasteiger partial charge in [-0.15, -0.1) is 0 Å². The summed E-state index contributed by atoms with van der Waals surface area (Å²) < 4.78 is 5.20. The summed E-state index contributed by atoms with van der Waals surface area (Å²) >= 11 is 0. The first-order valence-corrected chi connectivity index (χ1v) is 6.15. The zero-order valence-electron chi connectivity index (χ0n) is 11.0.